The SMILES string of the molecule is [Co].[O]=[Sb]([OH])([OH])[OH]. The molecule has 4 nitrogen and oxygen atoms in total. The Morgan fingerprint density at radius 1 is 1.17 bits per heavy atom. The molecule has 0 unspecified atom stereocenters. The van der Waals surface area contributed by atoms with E-state index in [4.69, 9.17) is 13.2 Å². The van der Waals surface area contributed by atoms with E-state index in [1.165, 1.54) is 0 Å². The van der Waals surface area contributed by atoms with E-state index in [0.717, 1.165) is 0 Å². The first kappa shape index (κ1) is 10.1. The van der Waals surface area contributed by atoms with Gasteiger partial charge in [0.25, 0.3) is 0 Å². The molecule has 6 heteroatoms. The Bertz CT molecular complexity index is 53.7. The molecule has 0 saturated heterocycles. The van der Waals surface area contributed by atoms with Crippen molar-refractivity contribution < 1.29 is 30.0 Å². The van der Waals surface area contributed by atoms with Crippen LogP contribution in [0.5, 0.6) is 0 Å². The van der Waals surface area contributed by atoms with Crippen LogP contribution in [0.1, 0.15) is 0 Å². The first-order valence-corrected chi connectivity index (χ1v) is 5.25. The monoisotopic (exact) mass is 247 g/mol. The Morgan fingerprint density at radius 2 is 1.17 bits per heavy atom. The second-order valence-electron chi connectivity index (χ2n) is 0.513. The predicted octanol–water partition coefficient (Wildman–Crippen LogP) is -2.17. The molecule has 0 aliphatic carbocycles. The summed E-state index contributed by atoms with van der Waals surface area (Å²) in [4.78, 5) is 0. The molecule has 41 valence electrons. The minimum absolute atomic E-state index is 0. The molecule has 0 rings (SSSR count). The summed E-state index contributed by atoms with van der Waals surface area (Å²) >= 11 is -5.35. The molecule has 0 spiro atoms. The van der Waals surface area contributed by atoms with Gasteiger partial charge in [0, 0.05) is 16.8 Å². The molecule has 1 radical (unpaired) electrons. The van der Waals surface area contributed by atoms with Crippen LogP contribution in [-0.2, 0) is 19.8 Å². The summed E-state index contributed by atoms with van der Waals surface area (Å²) in [5, 5.41) is 0. The molecule has 0 aromatic carbocycles. The summed E-state index contributed by atoms with van der Waals surface area (Å²) < 4.78 is 30.8. The summed E-state index contributed by atoms with van der Waals surface area (Å²) in [6.45, 7) is 0. The maximum absolute atomic E-state index is 8.97. The van der Waals surface area contributed by atoms with Gasteiger partial charge in [-0.3, -0.25) is 0 Å². The van der Waals surface area contributed by atoms with Crippen molar-refractivity contribution in [3.05, 3.63) is 0 Å². The average molecular weight is 248 g/mol. The first-order chi connectivity index (χ1) is 2.00. The molecular formula is H3CoO4Sb. The molecule has 0 fully saturated rings. The van der Waals surface area contributed by atoms with E-state index in [1.54, 1.807) is 0 Å². The van der Waals surface area contributed by atoms with E-state index in [9.17, 15) is 0 Å². The summed E-state index contributed by atoms with van der Waals surface area (Å²) in [5.74, 6) is 0. The van der Waals surface area contributed by atoms with Crippen molar-refractivity contribution in [2.45, 2.75) is 0 Å². The van der Waals surface area contributed by atoms with Gasteiger partial charge in [-0.2, -0.15) is 0 Å². The van der Waals surface area contributed by atoms with Crippen LogP contribution in [0.3, 0.4) is 0 Å². The zero-order valence-corrected chi connectivity index (χ0v) is 6.12. The standard InChI is InChI=1S/Co.3H2O.O.Sb/h;3*1H2;;/q;;;;;+3/p-3. The quantitative estimate of drug-likeness (QED) is 0.426. The van der Waals surface area contributed by atoms with Gasteiger partial charge in [-0.25, -0.2) is 0 Å². The second kappa shape index (κ2) is 3.07. The molecule has 0 aliphatic rings. The molecule has 0 aromatic rings. The third-order valence-corrected chi connectivity index (χ3v) is 0. The van der Waals surface area contributed by atoms with E-state index in [2.05, 4.69) is 0 Å². The van der Waals surface area contributed by atoms with Crippen molar-refractivity contribution in [2.24, 2.45) is 0 Å². The van der Waals surface area contributed by atoms with Gasteiger partial charge in [-0.1, -0.05) is 0 Å². The van der Waals surface area contributed by atoms with Crippen molar-refractivity contribution in [2.75, 3.05) is 0 Å². The van der Waals surface area contributed by atoms with Crippen molar-refractivity contribution in [1.29, 1.82) is 0 Å². The van der Waals surface area contributed by atoms with Gasteiger partial charge in [-0.05, 0) is 0 Å². The van der Waals surface area contributed by atoms with Crippen LogP contribution in [0.25, 0.3) is 0 Å². The van der Waals surface area contributed by atoms with E-state index in [0.29, 0.717) is 0 Å². The Labute approximate surface area is 50.1 Å². The second-order valence-corrected chi connectivity index (χ2v) is 3.44. The molecule has 0 aliphatic heterocycles. The van der Waals surface area contributed by atoms with Crippen LogP contribution >= 0.6 is 0 Å². The molecule has 0 amide bonds. The Hall–Kier alpha value is 1.00. The summed E-state index contributed by atoms with van der Waals surface area (Å²) in [6.07, 6.45) is 0. The normalized spacial score (nSPS) is 9.83. The Morgan fingerprint density at radius 3 is 1.17 bits per heavy atom. The van der Waals surface area contributed by atoms with Crippen LogP contribution in [0.4, 0.5) is 0 Å². The van der Waals surface area contributed by atoms with Crippen molar-refractivity contribution in [1.82, 2.24) is 0 Å². The molecule has 0 aromatic heterocycles. The van der Waals surface area contributed by atoms with E-state index >= 15 is 0 Å². The van der Waals surface area contributed by atoms with Gasteiger partial charge in [0.2, 0.25) is 0 Å². The third kappa shape index (κ3) is 79.5. The van der Waals surface area contributed by atoms with Gasteiger partial charge >= 0.3 is 33.2 Å². The third-order valence-electron chi connectivity index (χ3n) is 0. The summed E-state index contributed by atoms with van der Waals surface area (Å²) in [7, 11) is 0. The fourth-order valence-corrected chi connectivity index (χ4v) is 0. The fraction of sp³-hybridized carbons (Fsp3) is 0. The van der Waals surface area contributed by atoms with Crippen molar-refractivity contribution in [3.63, 3.8) is 0 Å². The summed E-state index contributed by atoms with van der Waals surface area (Å²) in [6, 6.07) is 0. The number of hydrogen-bond donors (Lipinski definition) is 3. The Balaban J connectivity index is 0. The van der Waals surface area contributed by atoms with Gasteiger partial charge in [0.05, 0.1) is 0 Å². The minimum atomic E-state index is -5.35. The van der Waals surface area contributed by atoms with Gasteiger partial charge < -0.3 is 0 Å². The zero-order valence-electron chi connectivity index (χ0n) is 2.53. The summed E-state index contributed by atoms with van der Waals surface area (Å²) in [5.41, 5.74) is 0. The van der Waals surface area contributed by atoms with Crippen LogP contribution in [0.15, 0.2) is 0 Å². The first-order valence-electron chi connectivity index (χ1n) is 0.783. The van der Waals surface area contributed by atoms with Gasteiger partial charge in [-0.15, -0.1) is 0 Å². The Kier molecular flexibility index (Phi) is 5.15. The van der Waals surface area contributed by atoms with Crippen LogP contribution in [-0.4, -0.2) is 30.2 Å². The maximum atomic E-state index is 8.97. The van der Waals surface area contributed by atoms with Gasteiger partial charge in [0.15, 0.2) is 0 Å². The molecule has 0 saturated carbocycles. The van der Waals surface area contributed by atoms with E-state index < -0.39 is 20.1 Å². The molecule has 0 bridgehead atoms. The van der Waals surface area contributed by atoms with Crippen molar-refractivity contribution >= 4 is 20.1 Å². The zero-order chi connectivity index (χ0) is 4.50. The van der Waals surface area contributed by atoms with Gasteiger partial charge in [0.1, 0.15) is 0 Å². The number of rotatable bonds is 0. The van der Waals surface area contributed by atoms with E-state index in [-0.39, 0.29) is 16.8 Å². The predicted molar refractivity (Wildman–Crippen MR) is 13.1 cm³/mol. The molecule has 3 N–H and O–H groups in total. The average Bonchev–Trinajstić information content (AvgIpc) is 0.722. The van der Waals surface area contributed by atoms with E-state index in [1.807, 2.05) is 0 Å². The molecule has 0 heterocycles. The van der Waals surface area contributed by atoms with Crippen LogP contribution in [0, 0.1) is 0 Å². The van der Waals surface area contributed by atoms with Crippen LogP contribution < -0.4 is 0 Å². The topological polar surface area (TPSA) is 77.8 Å². The molecule has 6 heavy (non-hydrogen) atoms. The van der Waals surface area contributed by atoms with Crippen molar-refractivity contribution in [3.8, 4) is 0 Å². The number of hydrogen-bond acceptors (Lipinski definition) is 1. The fourth-order valence-electron chi connectivity index (χ4n) is 0. The molecule has 0 atom stereocenters. The van der Waals surface area contributed by atoms with Crippen LogP contribution in [0.2, 0.25) is 0 Å². The molecular weight excluding hydrogens is 245 g/mol.